The molecule has 10 heteroatoms. The van der Waals surface area contributed by atoms with E-state index in [2.05, 4.69) is 25.9 Å². The van der Waals surface area contributed by atoms with Crippen LogP contribution in [0.2, 0.25) is 0 Å². The maximum Gasteiger partial charge on any atom is 0.387 e. The molecule has 5 rings (SSSR count). The zero-order chi connectivity index (χ0) is 32.5. The van der Waals surface area contributed by atoms with Crippen molar-refractivity contribution in [3.05, 3.63) is 126 Å². The van der Waals surface area contributed by atoms with E-state index in [1.807, 2.05) is 30.3 Å². The van der Waals surface area contributed by atoms with Crippen LogP contribution in [0.25, 0.3) is 22.6 Å². The lowest BCUT2D eigenvalue weighted by molar-refractivity contribution is -0.0505. The maximum absolute atomic E-state index is 14.0. The van der Waals surface area contributed by atoms with Crippen molar-refractivity contribution in [2.45, 2.75) is 59.2 Å². The molecule has 46 heavy (non-hydrogen) atoms. The van der Waals surface area contributed by atoms with Crippen LogP contribution in [0.15, 0.2) is 103 Å². The fraction of sp³-hybridized carbons (Fsp3) is 0.250. The Kier molecular flexibility index (Phi) is 11.0. The van der Waals surface area contributed by atoms with Crippen LogP contribution in [0.5, 0.6) is 11.5 Å². The van der Waals surface area contributed by atoms with Crippen molar-refractivity contribution < 1.29 is 31.4 Å². The zero-order valence-electron chi connectivity index (χ0n) is 25.3. The van der Waals surface area contributed by atoms with E-state index in [0.29, 0.717) is 26.2 Å². The summed E-state index contributed by atoms with van der Waals surface area (Å²) in [5.41, 5.74) is 5.07. The third-order valence-electron chi connectivity index (χ3n) is 7.44. The maximum atomic E-state index is 14.0. The van der Waals surface area contributed by atoms with Gasteiger partial charge in [-0.2, -0.15) is 17.6 Å². The number of aromatic nitrogens is 2. The van der Waals surface area contributed by atoms with Gasteiger partial charge in [-0.3, -0.25) is 4.90 Å². The lowest BCUT2D eigenvalue weighted by Crippen LogP contribution is -2.24. The van der Waals surface area contributed by atoms with Crippen LogP contribution >= 0.6 is 0 Å². The number of imidazole rings is 1. The molecule has 0 aliphatic carbocycles. The minimum atomic E-state index is -2.92. The molecule has 1 heterocycles. The normalized spacial score (nSPS) is 11.5. The Balaban J connectivity index is 1.56. The van der Waals surface area contributed by atoms with Crippen LogP contribution in [0, 0.1) is 5.82 Å². The van der Waals surface area contributed by atoms with Crippen molar-refractivity contribution in [3.63, 3.8) is 0 Å². The summed E-state index contributed by atoms with van der Waals surface area (Å²) in [7, 11) is 0. The minimum Gasteiger partial charge on any atom is -0.435 e. The molecule has 5 aromatic rings. The third kappa shape index (κ3) is 8.72. The second kappa shape index (κ2) is 15.5. The molecule has 0 bridgehead atoms. The van der Waals surface area contributed by atoms with Crippen molar-refractivity contribution in [1.29, 1.82) is 0 Å². The smallest absolute Gasteiger partial charge is 0.387 e. The molecular formula is C36H34F5N3O2. The Morgan fingerprint density at radius 2 is 1.22 bits per heavy atom. The van der Waals surface area contributed by atoms with Gasteiger partial charge in [0.2, 0.25) is 0 Å². The Hall–Kier alpha value is -4.70. The first-order chi connectivity index (χ1) is 22.3. The molecule has 0 atom stereocenters. The van der Waals surface area contributed by atoms with Gasteiger partial charge in [0, 0.05) is 37.3 Å². The number of hydrogen-bond acceptors (Lipinski definition) is 4. The molecule has 1 aromatic heterocycles. The molecule has 0 N–H and O–H groups in total. The van der Waals surface area contributed by atoms with Gasteiger partial charge in [-0.25, -0.2) is 9.37 Å². The van der Waals surface area contributed by atoms with E-state index < -0.39 is 13.2 Å². The summed E-state index contributed by atoms with van der Waals surface area (Å²) in [6.07, 6.45) is 1.87. The highest BCUT2D eigenvalue weighted by Crippen LogP contribution is 2.32. The van der Waals surface area contributed by atoms with E-state index in [-0.39, 0.29) is 17.3 Å². The molecular weight excluding hydrogens is 601 g/mol. The zero-order valence-corrected chi connectivity index (χ0v) is 25.3. The van der Waals surface area contributed by atoms with Gasteiger partial charge in [-0.1, -0.05) is 67.9 Å². The summed E-state index contributed by atoms with van der Waals surface area (Å²) in [4.78, 5) is 7.28. The van der Waals surface area contributed by atoms with Gasteiger partial charge in [0.25, 0.3) is 0 Å². The number of ether oxygens (including phenoxy) is 2. The molecule has 0 spiro atoms. The molecule has 240 valence electrons. The molecule has 5 nitrogen and oxygen atoms in total. The van der Waals surface area contributed by atoms with Crippen LogP contribution in [-0.2, 0) is 26.2 Å². The summed E-state index contributed by atoms with van der Waals surface area (Å²) in [6, 6.07) is 29.1. The van der Waals surface area contributed by atoms with Gasteiger partial charge in [-0.15, -0.1) is 0 Å². The number of hydrogen-bond donors (Lipinski definition) is 0. The number of rotatable bonds is 15. The van der Waals surface area contributed by atoms with Crippen LogP contribution in [0.4, 0.5) is 22.0 Å². The Labute approximate surface area is 264 Å². The average Bonchev–Trinajstić information content (AvgIpc) is 3.39. The second-order valence-corrected chi connectivity index (χ2v) is 10.8. The topological polar surface area (TPSA) is 39.5 Å². The van der Waals surface area contributed by atoms with E-state index in [9.17, 15) is 22.0 Å². The highest BCUT2D eigenvalue weighted by Gasteiger charge is 2.22. The van der Waals surface area contributed by atoms with Crippen molar-refractivity contribution in [1.82, 2.24) is 14.5 Å². The van der Waals surface area contributed by atoms with E-state index in [4.69, 9.17) is 4.98 Å². The third-order valence-corrected chi connectivity index (χ3v) is 7.44. The average molecular weight is 636 g/mol. The van der Waals surface area contributed by atoms with Gasteiger partial charge in [0.1, 0.15) is 23.1 Å². The van der Waals surface area contributed by atoms with Crippen molar-refractivity contribution in [2.24, 2.45) is 0 Å². The van der Waals surface area contributed by atoms with Crippen LogP contribution in [0.1, 0.15) is 36.6 Å². The van der Waals surface area contributed by atoms with Gasteiger partial charge >= 0.3 is 13.2 Å². The lowest BCUT2D eigenvalue weighted by Gasteiger charge is -2.25. The number of nitrogens with zero attached hydrogens (tertiary/aromatic N) is 3. The van der Waals surface area contributed by atoms with Gasteiger partial charge in [-0.05, 0) is 66.1 Å². The molecule has 0 radical (unpaired) electrons. The molecule has 0 amide bonds. The Bertz CT molecular complexity index is 1600. The summed E-state index contributed by atoms with van der Waals surface area (Å²) in [6.45, 7) is -1.76. The van der Waals surface area contributed by atoms with Crippen LogP contribution in [-0.4, -0.2) is 27.7 Å². The first-order valence-corrected chi connectivity index (χ1v) is 15.0. The van der Waals surface area contributed by atoms with Gasteiger partial charge in [0.05, 0.1) is 11.4 Å². The predicted octanol–water partition coefficient (Wildman–Crippen LogP) is 9.56. The molecule has 0 aliphatic rings. The summed E-state index contributed by atoms with van der Waals surface area (Å²) < 4.78 is 76.3. The predicted molar refractivity (Wildman–Crippen MR) is 167 cm³/mol. The van der Waals surface area contributed by atoms with E-state index in [0.717, 1.165) is 52.3 Å². The Morgan fingerprint density at radius 1 is 0.674 bits per heavy atom. The molecule has 0 fully saturated rings. The standard InChI is InChI=1S/C36H34F5N3O2/c1-2-3-21-44-32(33(27-13-15-29(37)16-14-27)42-34(44)28-7-5-4-6-8-28)24-43(22-25-9-17-30(18-10-25)45-35(38)39)23-26-11-19-31(20-12-26)46-36(40)41/h4-20,35-36H,2-3,21-24H2,1H3. The quantitative estimate of drug-likeness (QED) is 0.107. The number of halogens is 5. The molecule has 0 saturated carbocycles. The summed E-state index contributed by atoms with van der Waals surface area (Å²) in [5.74, 6) is 0.566. The fourth-order valence-corrected chi connectivity index (χ4v) is 5.30. The van der Waals surface area contributed by atoms with Crippen molar-refractivity contribution in [2.75, 3.05) is 0 Å². The first-order valence-electron chi connectivity index (χ1n) is 15.0. The first kappa shape index (κ1) is 32.7. The molecule has 0 saturated heterocycles. The largest absolute Gasteiger partial charge is 0.435 e. The SMILES string of the molecule is CCCCn1c(-c2ccccc2)nc(-c2ccc(F)cc2)c1CN(Cc1ccc(OC(F)F)cc1)Cc1ccc(OC(F)F)cc1. The van der Waals surface area contributed by atoms with E-state index in [1.165, 1.54) is 36.4 Å². The van der Waals surface area contributed by atoms with Crippen LogP contribution in [0.3, 0.4) is 0 Å². The highest BCUT2D eigenvalue weighted by molar-refractivity contribution is 5.68. The fourth-order valence-electron chi connectivity index (χ4n) is 5.30. The Morgan fingerprint density at radius 3 is 1.72 bits per heavy atom. The second-order valence-electron chi connectivity index (χ2n) is 10.8. The van der Waals surface area contributed by atoms with Crippen LogP contribution < -0.4 is 9.47 Å². The lowest BCUT2D eigenvalue weighted by atomic mass is 10.1. The van der Waals surface area contributed by atoms with Gasteiger partial charge < -0.3 is 14.0 Å². The summed E-state index contributed by atoms with van der Waals surface area (Å²) >= 11 is 0. The molecule has 4 aromatic carbocycles. The molecule has 0 aliphatic heterocycles. The summed E-state index contributed by atoms with van der Waals surface area (Å²) in [5, 5.41) is 0. The number of unbranched alkanes of at least 4 members (excludes halogenated alkanes) is 1. The van der Waals surface area contributed by atoms with Crippen molar-refractivity contribution in [3.8, 4) is 34.1 Å². The van der Waals surface area contributed by atoms with E-state index in [1.54, 1.807) is 36.4 Å². The van der Waals surface area contributed by atoms with Crippen molar-refractivity contribution >= 4 is 0 Å². The number of alkyl halides is 4. The number of benzene rings is 4. The highest BCUT2D eigenvalue weighted by atomic mass is 19.3. The minimum absolute atomic E-state index is 0.0589. The van der Waals surface area contributed by atoms with Gasteiger partial charge in [0.15, 0.2) is 0 Å². The molecule has 0 unspecified atom stereocenters. The monoisotopic (exact) mass is 635 g/mol. The van der Waals surface area contributed by atoms with E-state index >= 15 is 0 Å².